The quantitative estimate of drug-likeness (QED) is 0.592. The number of anilines is 1. The van der Waals surface area contributed by atoms with Crippen molar-refractivity contribution in [1.82, 2.24) is 5.32 Å². The van der Waals surface area contributed by atoms with E-state index in [2.05, 4.69) is 5.32 Å². The molecule has 0 atom stereocenters. The summed E-state index contributed by atoms with van der Waals surface area (Å²) in [4.78, 5) is 12.4. The van der Waals surface area contributed by atoms with Crippen LogP contribution in [0, 0.1) is 0 Å². The standard InChI is InChI=1S/C20H25ClN2O4S/c1-16(2)27-14-6-13-22-20(24)15-23(18-7-4-3-5-8-18)28(25,26)19-11-9-17(21)10-12-19/h3-5,7-12,16H,6,13-15H2,1-2H3,(H,22,24). The molecule has 1 amide bonds. The van der Waals surface area contributed by atoms with Crippen molar-refractivity contribution in [2.45, 2.75) is 31.3 Å². The van der Waals surface area contributed by atoms with E-state index < -0.39 is 10.0 Å². The molecule has 0 radical (unpaired) electrons. The molecule has 0 aliphatic carbocycles. The normalized spacial score (nSPS) is 11.4. The molecule has 152 valence electrons. The average Bonchev–Trinajstić information content (AvgIpc) is 2.66. The molecule has 6 nitrogen and oxygen atoms in total. The number of hydrogen-bond acceptors (Lipinski definition) is 4. The van der Waals surface area contributed by atoms with Gasteiger partial charge in [-0.2, -0.15) is 0 Å². The molecule has 2 rings (SSSR count). The number of hydrogen-bond donors (Lipinski definition) is 1. The maximum Gasteiger partial charge on any atom is 0.264 e. The Hall–Kier alpha value is -2.09. The summed E-state index contributed by atoms with van der Waals surface area (Å²) >= 11 is 5.86. The molecular weight excluding hydrogens is 400 g/mol. The number of nitrogens with one attached hydrogen (secondary N) is 1. The van der Waals surface area contributed by atoms with Crippen molar-refractivity contribution in [2.24, 2.45) is 0 Å². The van der Waals surface area contributed by atoms with E-state index in [-0.39, 0.29) is 23.5 Å². The van der Waals surface area contributed by atoms with E-state index in [9.17, 15) is 13.2 Å². The monoisotopic (exact) mass is 424 g/mol. The summed E-state index contributed by atoms with van der Waals surface area (Å²) in [5, 5.41) is 3.18. The van der Waals surface area contributed by atoms with Crippen molar-refractivity contribution < 1.29 is 17.9 Å². The second-order valence-electron chi connectivity index (χ2n) is 6.42. The second-order valence-corrected chi connectivity index (χ2v) is 8.72. The summed E-state index contributed by atoms with van der Waals surface area (Å²) in [6, 6.07) is 14.4. The zero-order valence-corrected chi connectivity index (χ0v) is 17.5. The molecule has 0 heterocycles. The maximum atomic E-state index is 13.1. The van der Waals surface area contributed by atoms with Crippen LogP contribution in [0.1, 0.15) is 20.3 Å². The molecule has 0 aliphatic heterocycles. The molecule has 0 bridgehead atoms. The number of rotatable bonds is 10. The Morgan fingerprint density at radius 3 is 2.36 bits per heavy atom. The largest absolute Gasteiger partial charge is 0.379 e. The summed E-state index contributed by atoms with van der Waals surface area (Å²) in [5.41, 5.74) is 0.413. The number of sulfonamides is 1. The number of para-hydroxylation sites is 1. The van der Waals surface area contributed by atoms with Gasteiger partial charge in [0, 0.05) is 18.2 Å². The van der Waals surface area contributed by atoms with Gasteiger partial charge in [-0.3, -0.25) is 9.10 Å². The van der Waals surface area contributed by atoms with Gasteiger partial charge >= 0.3 is 0 Å². The van der Waals surface area contributed by atoms with E-state index in [1.165, 1.54) is 24.3 Å². The predicted octanol–water partition coefficient (Wildman–Crippen LogP) is 3.47. The van der Waals surface area contributed by atoms with E-state index in [1.807, 2.05) is 13.8 Å². The number of carbonyl (C=O) groups excluding carboxylic acids is 1. The first kappa shape index (κ1) is 22.2. The second kappa shape index (κ2) is 10.5. The molecule has 28 heavy (non-hydrogen) atoms. The highest BCUT2D eigenvalue weighted by atomic mass is 35.5. The van der Waals surface area contributed by atoms with E-state index in [1.54, 1.807) is 30.3 Å². The molecule has 0 spiro atoms. The molecule has 0 aliphatic rings. The summed E-state index contributed by atoms with van der Waals surface area (Å²) in [6.07, 6.45) is 0.785. The fourth-order valence-electron chi connectivity index (χ4n) is 2.45. The van der Waals surface area contributed by atoms with Crippen molar-refractivity contribution in [3.63, 3.8) is 0 Å². The van der Waals surface area contributed by atoms with Gasteiger partial charge in [0.05, 0.1) is 16.7 Å². The third-order valence-electron chi connectivity index (χ3n) is 3.83. The number of carbonyl (C=O) groups is 1. The van der Waals surface area contributed by atoms with Gasteiger partial charge in [-0.05, 0) is 56.7 Å². The van der Waals surface area contributed by atoms with Gasteiger partial charge in [0.1, 0.15) is 6.54 Å². The van der Waals surface area contributed by atoms with Crippen LogP contribution in [0.5, 0.6) is 0 Å². The number of ether oxygens (including phenoxy) is 1. The first-order chi connectivity index (χ1) is 13.3. The van der Waals surface area contributed by atoms with Crippen LogP contribution in [0.2, 0.25) is 5.02 Å². The Balaban J connectivity index is 2.12. The summed E-state index contributed by atoms with van der Waals surface area (Å²) in [5.74, 6) is -0.383. The minimum atomic E-state index is -3.92. The third-order valence-corrected chi connectivity index (χ3v) is 5.87. The van der Waals surface area contributed by atoms with Gasteiger partial charge < -0.3 is 10.1 Å². The van der Waals surface area contributed by atoms with Gasteiger partial charge in [-0.15, -0.1) is 0 Å². The first-order valence-corrected chi connectivity index (χ1v) is 10.8. The summed E-state index contributed by atoms with van der Waals surface area (Å²) in [6.45, 7) is 4.51. The van der Waals surface area contributed by atoms with Crippen LogP contribution in [0.3, 0.4) is 0 Å². The highest BCUT2D eigenvalue weighted by Gasteiger charge is 2.27. The molecule has 8 heteroatoms. The third kappa shape index (κ3) is 6.51. The lowest BCUT2D eigenvalue weighted by molar-refractivity contribution is -0.119. The van der Waals surface area contributed by atoms with Gasteiger partial charge in [0.15, 0.2) is 0 Å². The molecule has 1 N–H and O–H groups in total. The van der Waals surface area contributed by atoms with E-state index in [4.69, 9.17) is 16.3 Å². The zero-order chi connectivity index (χ0) is 20.6. The Morgan fingerprint density at radius 2 is 1.75 bits per heavy atom. The van der Waals surface area contributed by atoms with Crippen molar-refractivity contribution >= 4 is 33.2 Å². The number of benzene rings is 2. The predicted molar refractivity (Wildman–Crippen MR) is 111 cm³/mol. The minimum absolute atomic E-state index is 0.0684. The van der Waals surface area contributed by atoms with Crippen LogP contribution in [-0.4, -0.2) is 40.1 Å². The number of amides is 1. The minimum Gasteiger partial charge on any atom is -0.379 e. The van der Waals surface area contributed by atoms with Crippen molar-refractivity contribution in [3.8, 4) is 0 Å². The first-order valence-electron chi connectivity index (χ1n) is 9.02. The van der Waals surface area contributed by atoms with Gasteiger partial charge in [-0.1, -0.05) is 29.8 Å². The zero-order valence-electron chi connectivity index (χ0n) is 16.0. The summed E-state index contributed by atoms with van der Waals surface area (Å²) in [7, 11) is -3.92. The van der Waals surface area contributed by atoms with Crippen LogP contribution in [0.15, 0.2) is 59.5 Å². The molecule has 0 fully saturated rings. The van der Waals surface area contributed by atoms with Crippen LogP contribution < -0.4 is 9.62 Å². The van der Waals surface area contributed by atoms with Gasteiger partial charge in [0.25, 0.3) is 10.0 Å². The van der Waals surface area contributed by atoms with E-state index >= 15 is 0 Å². The van der Waals surface area contributed by atoms with E-state index in [0.29, 0.717) is 30.3 Å². The molecule has 2 aromatic rings. The molecule has 0 saturated carbocycles. The van der Waals surface area contributed by atoms with Gasteiger partial charge in [0.2, 0.25) is 5.91 Å². The van der Waals surface area contributed by atoms with Crippen molar-refractivity contribution in [3.05, 3.63) is 59.6 Å². The number of nitrogens with zero attached hydrogens (tertiary/aromatic N) is 1. The number of halogens is 1. The average molecular weight is 425 g/mol. The molecule has 2 aromatic carbocycles. The van der Waals surface area contributed by atoms with Gasteiger partial charge in [-0.25, -0.2) is 8.42 Å². The molecular formula is C20H25ClN2O4S. The molecule has 0 saturated heterocycles. The van der Waals surface area contributed by atoms with Crippen LogP contribution >= 0.6 is 11.6 Å². The highest BCUT2D eigenvalue weighted by molar-refractivity contribution is 7.92. The molecule has 0 aromatic heterocycles. The lowest BCUT2D eigenvalue weighted by atomic mass is 10.3. The van der Waals surface area contributed by atoms with E-state index in [0.717, 1.165) is 4.31 Å². The smallest absolute Gasteiger partial charge is 0.264 e. The van der Waals surface area contributed by atoms with Crippen LogP contribution in [0.4, 0.5) is 5.69 Å². The fourth-order valence-corrected chi connectivity index (χ4v) is 4.00. The van der Waals surface area contributed by atoms with Crippen LogP contribution in [0.25, 0.3) is 0 Å². The summed E-state index contributed by atoms with van der Waals surface area (Å²) < 4.78 is 32.7. The lowest BCUT2D eigenvalue weighted by Gasteiger charge is -2.24. The topological polar surface area (TPSA) is 75.7 Å². The lowest BCUT2D eigenvalue weighted by Crippen LogP contribution is -2.41. The Morgan fingerprint density at radius 1 is 1.11 bits per heavy atom. The Bertz CT molecular complexity index is 856. The maximum absolute atomic E-state index is 13.1. The van der Waals surface area contributed by atoms with Crippen molar-refractivity contribution in [2.75, 3.05) is 24.0 Å². The molecule has 0 unspecified atom stereocenters. The van der Waals surface area contributed by atoms with Crippen molar-refractivity contribution in [1.29, 1.82) is 0 Å². The Kier molecular flexibility index (Phi) is 8.29. The highest BCUT2D eigenvalue weighted by Crippen LogP contribution is 2.24. The SMILES string of the molecule is CC(C)OCCCNC(=O)CN(c1ccccc1)S(=O)(=O)c1ccc(Cl)cc1. The fraction of sp³-hybridized carbons (Fsp3) is 0.350. The Labute approximate surface area is 171 Å². The van der Waals surface area contributed by atoms with Crippen LogP contribution in [-0.2, 0) is 19.6 Å².